The molecule has 16 rings (SSSR count). The predicted molar refractivity (Wildman–Crippen MR) is 454 cm³/mol. The zero-order chi connectivity index (χ0) is 67.0. The molecule has 0 aromatic heterocycles. The second kappa shape index (κ2) is 35.2. The van der Waals surface area contributed by atoms with E-state index >= 15 is 0 Å². The van der Waals surface area contributed by atoms with Gasteiger partial charge in [0.05, 0.1) is 0 Å². The van der Waals surface area contributed by atoms with E-state index in [1.54, 1.807) is 0 Å². The molecule has 480 valence electrons. The summed E-state index contributed by atoms with van der Waals surface area (Å²) >= 11 is 0. The van der Waals surface area contributed by atoms with E-state index in [1.807, 2.05) is 0 Å². The van der Waals surface area contributed by atoms with Crippen molar-refractivity contribution >= 4 is 219 Å². The molecule has 0 saturated heterocycles. The number of hydrogen-bond donors (Lipinski definition) is 0. The average molecular weight is 1360 g/mol. The standard InChI is InChI=1S/C17H17Si.C16H15Si.C16H21Si.C15H13.C14H11.C14H17.3Mg/c1-18(2)10-9-13-11-15-8-7-14-5-3-4-6-16(14)17(15)12-13;1-17(2)11-12-9-14-8-7-13-5-3-4-6-15(13)16(14)10-12;1-11-6-15-9-14(13(3)10-17(4)5)8-12(2)16(15)7-11;1-2-11-9-13-8-7-12-5-3-4-6-14(12)15(13)10-11;1-10-8-12-7-6-11-4-2-3-5-13(11)14(12)9-10;1-9(2)12-7-11(4)14-6-10(3)5-13(14)8-12;;;/h3-8,10-12H,9H2,1-2H3;3-11H,1-2H3;6-10,13H,1-5H3;3-10H,2H2,1H3;2-9H,1H3;5-9H,1-4H3;;;/q6*-1;3*+2. The first-order chi connectivity index (χ1) is 45.7. The van der Waals surface area contributed by atoms with Crippen LogP contribution in [0.2, 0.25) is 39.3 Å². The minimum Gasteiger partial charge on any atom is -0.165 e. The Morgan fingerprint density at radius 1 is 0.347 bits per heavy atom. The quantitative estimate of drug-likeness (QED) is 0.110. The SMILES string of the molecule is CCc1cc2ccc3ccccc3c2[cH-]1.C[Si](C)=CCc1cc2ccc3ccccc3c2[cH-]1.C[Si](C)=Cc1cc2ccc3ccccc3c2[cH-]1.Cc1cc2c(C)cc(C(C)C)cc2[cH-]1.Cc1cc2c(C)cc(C(C)C=[Si](C)C)cc2[cH-]1.Cc1cc2ccc3ccccc3c2[cH-]1.[Mg+2].[Mg+2].[Mg+2]. The molecule has 0 spiro atoms. The molecule has 1 unspecified atom stereocenters. The van der Waals surface area contributed by atoms with Gasteiger partial charge in [-0.2, -0.15) is 30.3 Å². The van der Waals surface area contributed by atoms with Crippen molar-refractivity contribution in [3.05, 3.63) is 298 Å². The number of aryl methyl sites for hydroxylation is 6. The van der Waals surface area contributed by atoms with Gasteiger partial charge in [0.15, 0.2) is 0 Å². The minimum atomic E-state index is -0.312. The van der Waals surface area contributed by atoms with Gasteiger partial charge in [0.2, 0.25) is 0 Å². The van der Waals surface area contributed by atoms with Crippen molar-refractivity contribution in [1.29, 1.82) is 0 Å². The van der Waals surface area contributed by atoms with Crippen LogP contribution in [0.3, 0.4) is 0 Å². The number of benzene rings is 10. The Morgan fingerprint density at radius 2 is 0.724 bits per heavy atom. The second-order valence-electron chi connectivity index (χ2n) is 27.7. The molecule has 16 aromatic carbocycles. The van der Waals surface area contributed by atoms with Crippen LogP contribution < -0.4 is 0 Å². The fourth-order valence-electron chi connectivity index (χ4n) is 13.8. The Labute approximate surface area is 637 Å². The molecule has 0 amide bonds. The molecule has 0 nitrogen and oxygen atoms in total. The molecule has 0 bridgehead atoms. The molecular formula is C92H94Mg3Si3. The third-order valence-electron chi connectivity index (χ3n) is 18.5. The van der Waals surface area contributed by atoms with Crippen LogP contribution in [0.15, 0.2) is 243 Å². The summed E-state index contributed by atoms with van der Waals surface area (Å²) in [5, 5.41) is 27.4. The summed E-state index contributed by atoms with van der Waals surface area (Å²) in [5.41, 5.74) is 21.5. The van der Waals surface area contributed by atoms with Crippen LogP contribution in [0, 0.1) is 34.6 Å². The van der Waals surface area contributed by atoms with Gasteiger partial charge in [-0.05, 0) is 63.8 Å². The van der Waals surface area contributed by atoms with Gasteiger partial charge in [0.1, 0.15) is 0 Å². The van der Waals surface area contributed by atoms with E-state index in [4.69, 9.17) is 0 Å². The zero-order valence-corrected chi connectivity index (χ0v) is 68.3. The number of hydrogen-bond acceptors (Lipinski definition) is 0. The van der Waals surface area contributed by atoms with Gasteiger partial charge in [-0.15, -0.1) is 182 Å². The fraction of sp³-hybridized carbons (Fsp3) is 0.207. The van der Waals surface area contributed by atoms with E-state index in [1.165, 1.54) is 163 Å². The van der Waals surface area contributed by atoms with Gasteiger partial charge in [-0.1, -0.05) is 298 Å². The molecule has 0 heterocycles. The maximum atomic E-state index is 2.51. The van der Waals surface area contributed by atoms with Gasteiger partial charge in [0, 0.05) is 0 Å². The average Bonchev–Trinajstić information content (AvgIpc) is 2.21. The van der Waals surface area contributed by atoms with Crippen molar-refractivity contribution in [2.45, 2.75) is 126 Å². The van der Waals surface area contributed by atoms with Crippen LogP contribution >= 0.6 is 0 Å². The zero-order valence-electron chi connectivity index (χ0n) is 61.0. The number of fused-ring (bicyclic) bond motifs is 14. The van der Waals surface area contributed by atoms with Crippen molar-refractivity contribution in [3.63, 3.8) is 0 Å². The third-order valence-corrected chi connectivity index (χ3v) is 21.6. The van der Waals surface area contributed by atoms with Crippen LogP contribution in [0.5, 0.6) is 0 Å². The molecule has 0 radical (unpaired) electrons. The summed E-state index contributed by atoms with van der Waals surface area (Å²) in [7, 11) is -0.814. The molecule has 0 aliphatic rings. The van der Waals surface area contributed by atoms with E-state index in [2.05, 4.69) is 361 Å². The molecule has 1 atom stereocenters. The molecule has 0 fully saturated rings. The smallest absolute Gasteiger partial charge is 0.165 e. The van der Waals surface area contributed by atoms with Crippen LogP contribution in [-0.2, 0) is 12.8 Å². The molecule has 0 N–H and O–H groups in total. The van der Waals surface area contributed by atoms with E-state index in [9.17, 15) is 0 Å². The van der Waals surface area contributed by atoms with Crippen LogP contribution in [0.25, 0.3) is 108 Å². The Hall–Kier alpha value is -6.54. The van der Waals surface area contributed by atoms with E-state index in [-0.39, 0.29) is 94.4 Å². The summed E-state index contributed by atoms with van der Waals surface area (Å²) in [4.78, 5) is 0. The molecular weight excluding hydrogens is 1260 g/mol. The Bertz CT molecular complexity index is 5450. The Kier molecular flexibility index (Phi) is 27.7. The van der Waals surface area contributed by atoms with Crippen molar-refractivity contribution in [2.24, 2.45) is 0 Å². The molecule has 0 aliphatic heterocycles. The summed E-state index contributed by atoms with van der Waals surface area (Å²) in [5.74, 6) is 1.20. The van der Waals surface area contributed by atoms with Crippen LogP contribution in [0.1, 0.15) is 95.2 Å². The Balaban J connectivity index is 0.000000149. The monoisotopic (exact) mass is 1350 g/mol. The third kappa shape index (κ3) is 18.9. The normalized spacial score (nSPS) is 11.1. The van der Waals surface area contributed by atoms with Gasteiger partial charge in [-0.25, -0.2) is 0 Å². The number of rotatable bonds is 7. The molecule has 6 heteroatoms. The fourth-order valence-corrected chi connectivity index (χ4v) is 16.4. The summed E-state index contributed by atoms with van der Waals surface area (Å²) < 4.78 is 0. The van der Waals surface area contributed by atoms with Crippen molar-refractivity contribution in [3.8, 4) is 0 Å². The van der Waals surface area contributed by atoms with Gasteiger partial charge >= 0.3 is 69.2 Å². The largest absolute Gasteiger partial charge is 2.00 e. The maximum absolute atomic E-state index is 2.51. The van der Waals surface area contributed by atoms with Crippen LogP contribution in [0.4, 0.5) is 0 Å². The first-order valence-corrected chi connectivity index (χ1v) is 42.0. The van der Waals surface area contributed by atoms with Crippen molar-refractivity contribution < 1.29 is 0 Å². The van der Waals surface area contributed by atoms with E-state index in [0.717, 1.165) is 12.8 Å². The predicted octanol–water partition coefficient (Wildman–Crippen LogP) is 24.5. The first kappa shape index (κ1) is 77.2. The van der Waals surface area contributed by atoms with Gasteiger partial charge < -0.3 is 0 Å². The van der Waals surface area contributed by atoms with Crippen LogP contribution in [-0.4, -0.2) is 111 Å². The second-order valence-corrected chi connectivity index (χ2v) is 35.2. The van der Waals surface area contributed by atoms with E-state index < -0.39 is 0 Å². The summed E-state index contributed by atoms with van der Waals surface area (Å²) in [6.45, 7) is 33.9. The molecule has 0 aliphatic carbocycles. The Morgan fingerprint density at radius 3 is 1.16 bits per heavy atom. The van der Waals surface area contributed by atoms with Crippen molar-refractivity contribution in [1.82, 2.24) is 0 Å². The topological polar surface area (TPSA) is 0 Å². The molecule has 16 aromatic rings. The molecule has 98 heavy (non-hydrogen) atoms. The van der Waals surface area contributed by atoms with Gasteiger partial charge in [0.25, 0.3) is 0 Å². The van der Waals surface area contributed by atoms with Gasteiger partial charge in [-0.3, -0.25) is 0 Å². The first-order valence-electron chi connectivity index (χ1n) is 34.3. The summed E-state index contributed by atoms with van der Waals surface area (Å²) in [6.07, 6.45) is 2.23. The van der Waals surface area contributed by atoms with E-state index in [0.29, 0.717) is 11.8 Å². The summed E-state index contributed by atoms with van der Waals surface area (Å²) in [6, 6.07) is 89.0. The minimum absolute atomic E-state index is 0. The van der Waals surface area contributed by atoms with Crippen molar-refractivity contribution in [2.75, 3.05) is 0 Å². The maximum Gasteiger partial charge on any atom is 2.00 e. The molecule has 0 saturated carbocycles.